The number of likely N-dealkylation sites (tertiary alicyclic amines) is 2. The van der Waals surface area contributed by atoms with Crippen LogP contribution in [-0.2, 0) is 14.8 Å². The molecular weight excluding hydrogens is 512 g/mol. The molecule has 3 fully saturated rings. The van der Waals surface area contributed by atoms with E-state index >= 15 is 0 Å². The second-order valence-corrected chi connectivity index (χ2v) is 14.0. The zero-order chi connectivity index (χ0) is 28.0. The van der Waals surface area contributed by atoms with E-state index in [4.69, 9.17) is 4.74 Å². The van der Waals surface area contributed by atoms with Crippen LogP contribution in [0.4, 0.5) is 0 Å². The average molecular weight is 563 g/mol. The second kappa shape index (κ2) is 13.8. The first-order valence-electron chi connectivity index (χ1n) is 15.0. The van der Waals surface area contributed by atoms with E-state index in [1.54, 1.807) is 40.1 Å². The van der Waals surface area contributed by atoms with Crippen LogP contribution in [0.2, 0.25) is 0 Å². The molecular formula is C30H50N4O4S. The van der Waals surface area contributed by atoms with Gasteiger partial charge in [-0.15, -0.1) is 0 Å². The number of carbonyl (C=O) groups is 1. The summed E-state index contributed by atoms with van der Waals surface area (Å²) in [6.07, 6.45) is 11.2. The van der Waals surface area contributed by atoms with Gasteiger partial charge in [0.2, 0.25) is 15.9 Å². The molecule has 9 heteroatoms. The molecule has 1 amide bonds. The number of ether oxygens (including phenoxy) is 1. The minimum Gasteiger partial charge on any atom is -0.497 e. The minimum atomic E-state index is -3.70. The van der Waals surface area contributed by atoms with E-state index in [9.17, 15) is 13.2 Å². The Morgan fingerprint density at radius 2 is 1.62 bits per heavy atom. The first kappa shape index (κ1) is 30.3. The van der Waals surface area contributed by atoms with Crippen LogP contribution in [0.3, 0.4) is 0 Å². The predicted molar refractivity (Wildman–Crippen MR) is 156 cm³/mol. The maximum atomic E-state index is 13.2. The summed E-state index contributed by atoms with van der Waals surface area (Å²) in [7, 11) is -0.579. The summed E-state index contributed by atoms with van der Waals surface area (Å²) in [5.41, 5.74) is 1.29. The van der Waals surface area contributed by atoms with Gasteiger partial charge in [-0.3, -0.25) is 4.79 Å². The van der Waals surface area contributed by atoms with E-state index in [0.717, 1.165) is 31.6 Å². The number of piperidine rings is 1. The molecule has 0 radical (unpaired) electrons. The molecule has 1 aromatic carbocycles. The van der Waals surface area contributed by atoms with Crippen molar-refractivity contribution in [2.75, 3.05) is 53.4 Å². The number of nitrogens with zero attached hydrogens (tertiary/aromatic N) is 3. The van der Waals surface area contributed by atoms with Crippen molar-refractivity contribution in [3.63, 3.8) is 0 Å². The van der Waals surface area contributed by atoms with Gasteiger partial charge < -0.3 is 19.9 Å². The van der Waals surface area contributed by atoms with Gasteiger partial charge in [-0.2, -0.15) is 0 Å². The van der Waals surface area contributed by atoms with Crippen molar-refractivity contribution in [3.8, 4) is 5.75 Å². The molecule has 3 aliphatic rings. The molecule has 4 rings (SSSR count). The van der Waals surface area contributed by atoms with Crippen LogP contribution in [0.25, 0.3) is 0 Å². The summed E-state index contributed by atoms with van der Waals surface area (Å²) >= 11 is 0. The van der Waals surface area contributed by atoms with Crippen molar-refractivity contribution in [2.24, 2.45) is 5.92 Å². The number of nitrogens with one attached hydrogen (secondary N) is 1. The third kappa shape index (κ3) is 7.96. The van der Waals surface area contributed by atoms with Gasteiger partial charge in [0.1, 0.15) is 5.75 Å². The van der Waals surface area contributed by atoms with E-state index in [2.05, 4.69) is 15.1 Å². The molecule has 39 heavy (non-hydrogen) atoms. The molecule has 1 aliphatic carbocycles. The summed E-state index contributed by atoms with van der Waals surface area (Å²) in [4.78, 5) is 18.3. The lowest BCUT2D eigenvalue weighted by Crippen LogP contribution is -2.47. The number of hydrogen-bond donors (Lipinski definition) is 1. The third-order valence-electron chi connectivity index (χ3n) is 9.27. The van der Waals surface area contributed by atoms with Crippen molar-refractivity contribution in [1.82, 2.24) is 19.4 Å². The highest BCUT2D eigenvalue weighted by Gasteiger charge is 2.30. The zero-order valence-electron chi connectivity index (χ0n) is 24.6. The second-order valence-electron chi connectivity index (χ2n) is 12.1. The fourth-order valence-corrected chi connectivity index (χ4v) is 8.41. The Bertz CT molecular complexity index is 1030. The molecule has 1 saturated carbocycles. The quantitative estimate of drug-likeness (QED) is 0.440. The van der Waals surface area contributed by atoms with Crippen LogP contribution < -0.4 is 10.1 Å². The molecule has 220 valence electrons. The van der Waals surface area contributed by atoms with E-state index in [1.807, 2.05) is 0 Å². The van der Waals surface area contributed by atoms with Crippen molar-refractivity contribution in [2.45, 2.75) is 95.0 Å². The van der Waals surface area contributed by atoms with Gasteiger partial charge in [0.25, 0.3) is 0 Å². The van der Waals surface area contributed by atoms with Gasteiger partial charge in [-0.25, -0.2) is 12.7 Å². The first-order chi connectivity index (χ1) is 18.7. The third-order valence-corrected chi connectivity index (χ3v) is 11.4. The molecule has 1 N–H and O–H groups in total. The lowest BCUT2D eigenvalue weighted by molar-refractivity contribution is -0.122. The summed E-state index contributed by atoms with van der Waals surface area (Å²) in [5.74, 6) is 1.46. The number of methoxy groups -OCH3 is 1. The largest absolute Gasteiger partial charge is 0.497 e. The Hall–Kier alpha value is -1.68. The van der Waals surface area contributed by atoms with E-state index in [0.29, 0.717) is 27.8 Å². The molecule has 8 nitrogen and oxygen atoms in total. The van der Waals surface area contributed by atoms with Crippen LogP contribution >= 0.6 is 0 Å². The normalized spacial score (nSPS) is 23.8. The number of amides is 1. The maximum Gasteiger partial charge on any atom is 0.243 e. The highest BCUT2D eigenvalue weighted by molar-refractivity contribution is 7.89. The molecule has 2 aliphatic heterocycles. The molecule has 0 bridgehead atoms. The standard InChI is InChI=1S/C30H50N4O4S/c1-23-21-28(38-4)22-24(2)30(23)39(36,37)32(3)17-14-29(35)31-26-7-9-27(10-8-26)34-19-12-25(13-20-34)11-18-33-15-5-6-16-33/h21-22,25-27H,5-20H2,1-4H3,(H,31,35). The number of carbonyl (C=O) groups excluding carboxylic acids is 1. The fraction of sp³-hybridized carbons (Fsp3) is 0.767. The number of rotatable bonds is 11. The Morgan fingerprint density at radius 1 is 1.00 bits per heavy atom. The fourth-order valence-electron chi connectivity index (χ4n) is 6.83. The van der Waals surface area contributed by atoms with Crippen LogP contribution in [-0.4, -0.2) is 93.9 Å². The summed E-state index contributed by atoms with van der Waals surface area (Å²) in [6.45, 7) is 10.0. The lowest BCUT2D eigenvalue weighted by atomic mass is 9.87. The van der Waals surface area contributed by atoms with Crippen molar-refractivity contribution in [1.29, 1.82) is 0 Å². The molecule has 0 atom stereocenters. The molecule has 0 unspecified atom stereocenters. The van der Waals surface area contributed by atoms with Crippen LogP contribution in [0.15, 0.2) is 17.0 Å². The molecule has 0 spiro atoms. The number of aryl methyl sites for hydroxylation is 2. The molecule has 2 heterocycles. The summed E-state index contributed by atoms with van der Waals surface area (Å²) in [6, 6.07) is 4.30. The smallest absolute Gasteiger partial charge is 0.243 e. The van der Waals surface area contributed by atoms with Crippen molar-refractivity contribution in [3.05, 3.63) is 23.3 Å². The van der Waals surface area contributed by atoms with E-state index in [-0.39, 0.29) is 24.9 Å². The van der Waals surface area contributed by atoms with E-state index in [1.165, 1.54) is 69.1 Å². The molecule has 2 saturated heterocycles. The Kier molecular flexibility index (Phi) is 10.7. The zero-order valence-corrected chi connectivity index (χ0v) is 25.4. The monoisotopic (exact) mass is 562 g/mol. The van der Waals surface area contributed by atoms with Gasteiger partial charge in [0, 0.05) is 32.1 Å². The number of benzene rings is 1. The SMILES string of the molecule is COc1cc(C)c(S(=O)(=O)N(C)CCC(=O)NC2CCC(N3CCC(CCN4CCCC4)CC3)CC2)c(C)c1. The minimum absolute atomic E-state index is 0.0671. The van der Waals surface area contributed by atoms with Gasteiger partial charge in [0.05, 0.1) is 12.0 Å². The lowest BCUT2D eigenvalue weighted by Gasteiger charge is -2.41. The topological polar surface area (TPSA) is 82.2 Å². The summed E-state index contributed by atoms with van der Waals surface area (Å²) < 4.78 is 33.0. The van der Waals surface area contributed by atoms with Crippen molar-refractivity contribution < 1.29 is 17.9 Å². The highest BCUT2D eigenvalue weighted by Crippen LogP contribution is 2.30. The van der Waals surface area contributed by atoms with Gasteiger partial charge >= 0.3 is 0 Å². The van der Waals surface area contributed by atoms with Crippen LogP contribution in [0.1, 0.15) is 75.3 Å². The van der Waals surface area contributed by atoms with Gasteiger partial charge in [-0.1, -0.05) is 0 Å². The predicted octanol–water partition coefficient (Wildman–Crippen LogP) is 3.95. The van der Waals surface area contributed by atoms with E-state index < -0.39 is 10.0 Å². The molecule has 0 aromatic heterocycles. The average Bonchev–Trinajstić information content (AvgIpc) is 3.44. The Labute approximate surface area is 236 Å². The number of hydrogen-bond acceptors (Lipinski definition) is 6. The number of sulfonamides is 1. The van der Waals surface area contributed by atoms with Crippen molar-refractivity contribution >= 4 is 15.9 Å². The summed E-state index contributed by atoms with van der Waals surface area (Å²) in [5, 5.41) is 3.18. The maximum absolute atomic E-state index is 13.2. The Morgan fingerprint density at radius 3 is 2.21 bits per heavy atom. The van der Waals surface area contributed by atoms with Crippen LogP contribution in [0, 0.1) is 19.8 Å². The van der Waals surface area contributed by atoms with Gasteiger partial charge in [0.15, 0.2) is 0 Å². The Balaban J connectivity index is 1.15. The first-order valence-corrected chi connectivity index (χ1v) is 16.5. The van der Waals surface area contributed by atoms with Crippen LogP contribution in [0.5, 0.6) is 5.75 Å². The highest BCUT2D eigenvalue weighted by atomic mass is 32.2. The van der Waals surface area contributed by atoms with Gasteiger partial charge in [-0.05, 0) is 134 Å². The molecule has 1 aromatic rings.